The van der Waals surface area contributed by atoms with Gasteiger partial charge >= 0.3 is 0 Å². The Labute approximate surface area is 93.8 Å². The van der Waals surface area contributed by atoms with Crippen LogP contribution in [0.25, 0.3) is 0 Å². The molecule has 4 heteroatoms. The van der Waals surface area contributed by atoms with E-state index in [0.717, 1.165) is 12.8 Å². The van der Waals surface area contributed by atoms with Crippen molar-refractivity contribution in [3.63, 3.8) is 0 Å². The topological polar surface area (TPSA) is 12.5 Å². The van der Waals surface area contributed by atoms with Crippen molar-refractivity contribution in [2.45, 2.75) is 19.8 Å². The standard InChI is InChI=1S/C12H15F2NO/c1-2-16-10-6-5-9(13)12(11(10)14)15-7-3-4-8-15/h5-6H,2-4,7-8H2,1H3. The van der Waals surface area contributed by atoms with Crippen LogP contribution in [-0.4, -0.2) is 19.7 Å². The highest BCUT2D eigenvalue weighted by Crippen LogP contribution is 2.32. The molecule has 88 valence electrons. The molecule has 0 amide bonds. The molecule has 0 aliphatic carbocycles. The summed E-state index contributed by atoms with van der Waals surface area (Å²) in [6, 6.07) is 2.61. The van der Waals surface area contributed by atoms with Crippen molar-refractivity contribution in [2.75, 3.05) is 24.6 Å². The Morgan fingerprint density at radius 3 is 2.56 bits per heavy atom. The molecule has 1 heterocycles. The molecule has 1 fully saturated rings. The fourth-order valence-corrected chi connectivity index (χ4v) is 2.02. The number of ether oxygens (including phenoxy) is 1. The Morgan fingerprint density at radius 2 is 1.94 bits per heavy atom. The van der Waals surface area contributed by atoms with E-state index in [9.17, 15) is 8.78 Å². The largest absolute Gasteiger partial charge is 0.491 e. The normalized spacial score (nSPS) is 15.6. The van der Waals surface area contributed by atoms with Gasteiger partial charge in [0.2, 0.25) is 0 Å². The van der Waals surface area contributed by atoms with Gasteiger partial charge in [-0.2, -0.15) is 0 Å². The van der Waals surface area contributed by atoms with E-state index in [1.54, 1.807) is 11.8 Å². The molecule has 0 bridgehead atoms. The summed E-state index contributed by atoms with van der Waals surface area (Å²) in [5, 5.41) is 0. The van der Waals surface area contributed by atoms with Crippen LogP contribution in [0.4, 0.5) is 14.5 Å². The number of hydrogen-bond donors (Lipinski definition) is 0. The highest BCUT2D eigenvalue weighted by molar-refractivity contribution is 5.54. The van der Waals surface area contributed by atoms with E-state index in [-0.39, 0.29) is 11.4 Å². The van der Waals surface area contributed by atoms with Crippen LogP contribution in [0.15, 0.2) is 12.1 Å². The van der Waals surface area contributed by atoms with Gasteiger partial charge in [-0.1, -0.05) is 0 Å². The van der Waals surface area contributed by atoms with E-state index in [1.807, 2.05) is 0 Å². The van der Waals surface area contributed by atoms with Gasteiger partial charge in [-0.15, -0.1) is 0 Å². The predicted octanol–water partition coefficient (Wildman–Crippen LogP) is 2.96. The summed E-state index contributed by atoms with van der Waals surface area (Å²) >= 11 is 0. The summed E-state index contributed by atoms with van der Waals surface area (Å²) in [4.78, 5) is 1.74. The highest BCUT2D eigenvalue weighted by Gasteiger charge is 2.22. The zero-order valence-corrected chi connectivity index (χ0v) is 9.30. The van der Waals surface area contributed by atoms with E-state index >= 15 is 0 Å². The maximum atomic E-state index is 14.0. The summed E-state index contributed by atoms with van der Waals surface area (Å²) < 4.78 is 32.7. The van der Waals surface area contributed by atoms with Gasteiger partial charge in [0.1, 0.15) is 11.5 Å². The van der Waals surface area contributed by atoms with Crippen molar-refractivity contribution < 1.29 is 13.5 Å². The Kier molecular flexibility index (Phi) is 3.27. The molecule has 0 atom stereocenters. The van der Waals surface area contributed by atoms with Crippen LogP contribution in [0.3, 0.4) is 0 Å². The Bertz CT molecular complexity index is 376. The number of hydrogen-bond acceptors (Lipinski definition) is 2. The lowest BCUT2D eigenvalue weighted by atomic mass is 10.2. The summed E-state index contributed by atoms with van der Waals surface area (Å²) in [5.74, 6) is -0.961. The van der Waals surface area contributed by atoms with E-state index in [4.69, 9.17) is 4.74 Å². The maximum Gasteiger partial charge on any atom is 0.191 e. The molecule has 1 aliphatic heterocycles. The molecule has 0 saturated carbocycles. The average molecular weight is 227 g/mol. The average Bonchev–Trinajstić information content (AvgIpc) is 2.76. The van der Waals surface area contributed by atoms with Crippen LogP contribution in [0, 0.1) is 11.6 Å². The van der Waals surface area contributed by atoms with Crippen LogP contribution in [0.2, 0.25) is 0 Å². The molecule has 1 aromatic rings. The molecule has 0 N–H and O–H groups in total. The third kappa shape index (κ3) is 1.96. The molecule has 0 aromatic heterocycles. The molecule has 1 aromatic carbocycles. The summed E-state index contributed by atoms with van der Waals surface area (Å²) in [6.07, 6.45) is 1.97. The van der Waals surface area contributed by atoms with E-state index in [0.29, 0.717) is 19.7 Å². The van der Waals surface area contributed by atoms with Gasteiger partial charge in [0, 0.05) is 13.1 Å². The molecule has 16 heavy (non-hydrogen) atoms. The molecular formula is C12H15F2NO. The summed E-state index contributed by atoms with van der Waals surface area (Å²) in [6.45, 7) is 3.58. The minimum atomic E-state index is -0.580. The van der Waals surface area contributed by atoms with Crippen molar-refractivity contribution in [1.82, 2.24) is 0 Å². The van der Waals surface area contributed by atoms with E-state index in [1.165, 1.54) is 12.1 Å². The van der Waals surface area contributed by atoms with Crippen molar-refractivity contribution in [3.8, 4) is 5.75 Å². The smallest absolute Gasteiger partial charge is 0.191 e. The SMILES string of the molecule is CCOc1ccc(F)c(N2CCCC2)c1F. The van der Waals surface area contributed by atoms with Crippen molar-refractivity contribution in [2.24, 2.45) is 0 Å². The summed E-state index contributed by atoms with van der Waals surface area (Å²) in [5.41, 5.74) is 0.0587. The molecule has 2 rings (SSSR count). The summed E-state index contributed by atoms with van der Waals surface area (Å²) in [7, 11) is 0. The van der Waals surface area contributed by atoms with E-state index < -0.39 is 11.6 Å². The fraction of sp³-hybridized carbons (Fsp3) is 0.500. The Hall–Kier alpha value is -1.32. The van der Waals surface area contributed by atoms with Crippen LogP contribution in [0.1, 0.15) is 19.8 Å². The number of rotatable bonds is 3. The van der Waals surface area contributed by atoms with Crippen LogP contribution < -0.4 is 9.64 Å². The predicted molar refractivity (Wildman–Crippen MR) is 59.0 cm³/mol. The lowest BCUT2D eigenvalue weighted by molar-refractivity contribution is 0.320. The minimum absolute atomic E-state index is 0.0587. The van der Waals surface area contributed by atoms with Gasteiger partial charge in [0.15, 0.2) is 11.6 Å². The Balaban J connectivity index is 2.37. The lowest BCUT2D eigenvalue weighted by Gasteiger charge is -2.20. The quantitative estimate of drug-likeness (QED) is 0.787. The van der Waals surface area contributed by atoms with Gasteiger partial charge in [-0.25, -0.2) is 8.78 Å². The molecule has 0 unspecified atom stereocenters. The van der Waals surface area contributed by atoms with Crippen LogP contribution in [-0.2, 0) is 0 Å². The second-order valence-electron chi connectivity index (χ2n) is 3.84. The number of halogens is 2. The Morgan fingerprint density at radius 1 is 1.25 bits per heavy atom. The first-order chi connectivity index (χ1) is 7.74. The third-order valence-corrected chi connectivity index (χ3v) is 2.75. The molecule has 0 spiro atoms. The number of anilines is 1. The first-order valence-electron chi connectivity index (χ1n) is 5.59. The van der Waals surface area contributed by atoms with Crippen LogP contribution >= 0.6 is 0 Å². The number of nitrogens with zero attached hydrogens (tertiary/aromatic N) is 1. The third-order valence-electron chi connectivity index (χ3n) is 2.75. The highest BCUT2D eigenvalue weighted by atomic mass is 19.1. The van der Waals surface area contributed by atoms with Crippen molar-refractivity contribution in [1.29, 1.82) is 0 Å². The monoisotopic (exact) mass is 227 g/mol. The second kappa shape index (κ2) is 4.68. The number of benzene rings is 1. The molecular weight excluding hydrogens is 212 g/mol. The van der Waals surface area contributed by atoms with Gasteiger partial charge in [-0.05, 0) is 31.9 Å². The first kappa shape index (κ1) is 11.2. The van der Waals surface area contributed by atoms with Gasteiger partial charge in [0.05, 0.1) is 6.61 Å². The van der Waals surface area contributed by atoms with Crippen molar-refractivity contribution >= 4 is 5.69 Å². The zero-order chi connectivity index (χ0) is 11.5. The van der Waals surface area contributed by atoms with Gasteiger partial charge in [0.25, 0.3) is 0 Å². The second-order valence-corrected chi connectivity index (χ2v) is 3.84. The molecule has 0 radical (unpaired) electrons. The molecule has 1 aliphatic rings. The lowest BCUT2D eigenvalue weighted by Crippen LogP contribution is -2.20. The maximum absolute atomic E-state index is 14.0. The first-order valence-corrected chi connectivity index (χ1v) is 5.59. The minimum Gasteiger partial charge on any atom is -0.491 e. The molecule has 1 saturated heterocycles. The van der Waals surface area contributed by atoms with E-state index in [2.05, 4.69) is 0 Å². The van der Waals surface area contributed by atoms with Gasteiger partial charge in [-0.3, -0.25) is 0 Å². The fourth-order valence-electron chi connectivity index (χ4n) is 2.02. The van der Waals surface area contributed by atoms with Gasteiger partial charge < -0.3 is 9.64 Å². The zero-order valence-electron chi connectivity index (χ0n) is 9.30. The molecule has 2 nitrogen and oxygen atoms in total. The van der Waals surface area contributed by atoms with Crippen LogP contribution in [0.5, 0.6) is 5.75 Å². The van der Waals surface area contributed by atoms with Crippen molar-refractivity contribution in [3.05, 3.63) is 23.8 Å².